The summed E-state index contributed by atoms with van der Waals surface area (Å²) in [7, 11) is 1.66. The Labute approximate surface area is 187 Å². The second-order valence-electron chi connectivity index (χ2n) is 7.53. The Morgan fingerprint density at radius 3 is 2.68 bits per heavy atom. The summed E-state index contributed by atoms with van der Waals surface area (Å²) >= 11 is 1.62. The summed E-state index contributed by atoms with van der Waals surface area (Å²) in [5, 5.41) is 4.85. The fourth-order valence-corrected chi connectivity index (χ4v) is 4.50. The van der Waals surface area contributed by atoms with Gasteiger partial charge in [-0.25, -0.2) is 4.68 Å². The average Bonchev–Trinajstić information content (AvgIpc) is 3.24. The van der Waals surface area contributed by atoms with E-state index < -0.39 is 0 Å². The molecule has 1 aliphatic heterocycles. The van der Waals surface area contributed by atoms with Gasteiger partial charge in [-0.15, -0.1) is 11.8 Å². The van der Waals surface area contributed by atoms with Crippen molar-refractivity contribution in [3.8, 4) is 22.7 Å². The molecule has 1 fully saturated rings. The molecule has 1 aliphatic rings. The van der Waals surface area contributed by atoms with Crippen molar-refractivity contribution in [2.24, 2.45) is 0 Å². The summed E-state index contributed by atoms with van der Waals surface area (Å²) in [6.45, 7) is 3.96. The average molecular weight is 438 g/mol. The zero-order valence-electron chi connectivity index (χ0n) is 17.9. The molecule has 1 unspecified atom stereocenters. The van der Waals surface area contributed by atoms with Gasteiger partial charge in [0.1, 0.15) is 5.75 Å². The van der Waals surface area contributed by atoms with Crippen LogP contribution < -0.4 is 4.74 Å². The third-order valence-corrected chi connectivity index (χ3v) is 6.22. The van der Waals surface area contributed by atoms with Crippen LogP contribution in [0.15, 0.2) is 60.8 Å². The van der Waals surface area contributed by atoms with Gasteiger partial charge in [-0.3, -0.25) is 4.79 Å². The van der Waals surface area contributed by atoms with Gasteiger partial charge in [-0.05, 0) is 43.3 Å². The standard InChI is InChI=1S/C24H27N3O3S/c1-18-14-26(12-13-30-18)23(28)17-31-16-20-15-27(21-6-4-3-5-7-21)25-24(20)19-8-10-22(29-2)11-9-19/h3-11,15,18H,12-14,16-17H2,1-2H3. The Morgan fingerprint density at radius 2 is 1.97 bits per heavy atom. The summed E-state index contributed by atoms with van der Waals surface area (Å²) in [6, 6.07) is 18.0. The van der Waals surface area contributed by atoms with Crippen LogP contribution in [0.4, 0.5) is 0 Å². The summed E-state index contributed by atoms with van der Waals surface area (Å²) < 4.78 is 12.7. The van der Waals surface area contributed by atoms with Gasteiger partial charge < -0.3 is 14.4 Å². The van der Waals surface area contributed by atoms with Gasteiger partial charge in [-0.2, -0.15) is 5.10 Å². The molecule has 4 rings (SSSR count). The second-order valence-corrected chi connectivity index (χ2v) is 8.51. The molecule has 1 atom stereocenters. The van der Waals surface area contributed by atoms with Crippen LogP contribution in [0, 0.1) is 0 Å². The molecule has 162 valence electrons. The minimum atomic E-state index is 0.105. The number of hydrogen-bond donors (Lipinski definition) is 0. The topological polar surface area (TPSA) is 56.6 Å². The molecular weight excluding hydrogens is 410 g/mol. The molecule has 7 heteroatoms. The molecule has 1 amide bonds. The molecule has 0 bridgehead atoms. The minimum Gasteiger partial charge on any atom is -0.497 e. The van der Waals surface area contributed by atoms with Gasteiger partial charge in [0.2, 0.25) is 5.91 Å². The molecule has 1 aromatic heterocycles. The number of amides is 1. The largest absolute Gasteiger partial charge is 0.497 e. The normalized spacial score (nSPS) is 16.3. The van der Waals surface area contributed by atoms with E-state index in [1.807, 2.05) is 71.1 Å². The molecule has 31 heavy (non-hydrogen) atoms. The number of methoxy groups -OCH3 is 1. The van der Waals surface area contributed by atoms with Gasteiger partial charge in [0, 0.05) is 36.2 Å². The fourth-order valence-electron chi connectivity index (χ4n) is 3.60. The number of carbonyl (C=O) groups is 1. The first-order chi connectivity index (χ1) is 15.1. The quantitative estimate of drug-likeness (QED) is 0.559. The summed E-state index contributed by atoms with van der Waals surface area (Å²) in [6.07, 6.45) is 2.16. The maximum atomic E-state index is 12.6. The molecule has 6 nitrogen and oxygen atoms in total. The summed E-state index contributed by atoms with van der Waals surface area (Å²) in [5.41, 5.74) is 4.06. The van der Waals surface area contributed by atoms with E-state index in [4.69, 9.17) is 14.6 Å². The zero-order chi connectivity index (χ0) is 21.6. The molecule has 2 heterocycles. The lowest BCUT2D eigenvalue weighted by Crippen LogP contribution is -2.45. The lowest BCUT2D eigenvalue weighted by Gasteiger charge is -2.31. The van der Waals surface area contributed by atoms with Crippen molar-refractivity contribution in [3.63, 3.8) is 0 Å². The van der Waals surface area contributed by atoms with Crippen molar-refractivity contribution in [2.75, 3.05) is 32.6 Å². The van der Waals surface area contributed by atoms with Crippen molar-refractivity contribution in [1.82, 2.24) is 14.7 Å². The Morgan fingerprint density at radius 1 is 1.19 bits per heavy atom. The van der Waals surface area contributed by atoms with E-state index in [0.717, 1.165) is 28.3 Å². The molecule has 3 aromatic rings. The highest BCUT2D eigenvalue weighted by Gasteiger charge is 2.21. The predicted octanol–water partition coefficient (Wildman–Crippen LogP) is 4.03. The van der Waals surface area contributed by atoms with E-state index in [1.165, 1.54) is 0 Å². The molecule has 0 saturated carbocycles. The van der Waals surface area contributed by atoms with Crippen LogP contribution in [0.25, 0.3) is 16.9 Å². The maximum Gasteiger partial charge on any atom is 0.232 e. The Balaban J connectivity index is 1.51. The number of benzene rings is 2. The minimum absolute atomic E-state index is 0.105. The van der Waals surface area contributed by atoms with Gasteiger partial charge in [0.05, 0.1) is 37.0 Å². The van der Waals surface area contributed by atoms with Crippen LogP contribution in [-0.4, -0.2) is 59.3 Å². The van der Waals surface area contributed by atoms with Gasteiger partial charge in [0.15, 0.2) is 0 Å². The van der Waals surface area contributed by atoms with Crippen LogP contribution in [-0.2, 0) is 15.3 Å². The summed E-state index contributed by atoms with van der Waals surface area (Å²) in [5.74, 6) is 2.14. The van der Waals surface area contributed by atoms with Crippen LogP contribution in [0.3, 0.4) is 0 Å². The van der Waals surface area contributed by atoms with E-state index in [2.05, 4.69) is 6.20 Å². The van der Waals surface area contributed by atoms with Crippen molar-refractivity contribution < 1.29 is 14.3 Å². The third kappa shape index (κ3) is 5.29. The molecule has 0 aliphatic carbocycles. The number of morpholine rings is 1. The summed E-state index contributed by atoms with van der Waals surface area (Å²) in [4.78, 5) is 14.5. The molecule has 0 N–H and O–H groups in total. The maximum absolute atomic E-state index is 12.6. The molecule has 0 spiro atoms. The lowest BCUT2D eigenvalue weighted by atomic mass is 10.1. The molecule has 1 saturated heterocycles. The number of carbonyl (C=O) groups excluding carboxylic acids is 1. The molecule has 0 radical (unpaired) electrons. The molecule has 2 aromatic carbocycles. The monoisotopic (exact) mass is 437 g/mol. The Hall–Kier alpha value is -2.77. The highest BCUT2D eigenvalue weighted by Crippen LogP contribution is 2.28. The number of rotatable bonds is 7. The first kappa shape index (κ1) is 21.5. The van der Waals surface area contributed by atoms with E-state index >= 15 is 0 Å². The number of thioether (sulfide) groups is 1. The number of hydrogen-bond acceptors (Lipinski definition) is 5. The second kappa shape index (κ2) is 10.0. The highest BCUT2D eigenvalue weighted by molar-refractivity contribution is 7.99. The van der Waals surface area contributed by atoms with Crippen LogP contribution in [0.1, 0.15) is 12.5 Å². The Kier molecular flexibility index (Phi) is 6.94. The Bertz CT molecular complexity index is 1000. The van der Waals surface area contributed by atoms with Gasteiger partial charge in [-0.1, -0.05) is 18.2 Å². The number of ether oxygens (including phenoxy) is 2. The van der Waals surface area contributed by atoms with E-state index in [-0.39, 0.29) is 12.0 Å². The lowest BCUT2D eigenvalue weighted by molar-refractivity contribution is -0.135. The van der Waals surface area contributed by atoms with Gasteiger partial charge >= 0.3 is 0 Å². The van der Waals surface area contributed by atoms with Crippen LogP contribution >= 0.6 is 11.8 Å². The first-order valence-electron chi connectivity index (χ1n) is 10.4. The van der Waals surface area contributed by atoms with Crippen molar-refractivity contribution in [2.45, 2.75) is 18.8 Å². The first-order valence-corrected chi connectivity index (χ1v) is 11.5. The predicted molar refractivity (Wildman–Crippen MR) is 124 cm³/mol. The van der Waals surface area contributed by atoms with Crippen LogP contribution in [0.2, 0.25) is 0 Å². The van der Waals surface area contributed by atoms with E-state index in [1.54, 1.807) is 18.9 Å². The fraction of sp³-hybridized carbons (Fsp3) is 0.333. The zero-order valence-corrected chi connectivity index (χ0v) is 18.7. The van der Waals surface area contributed by atoms with Crippen molar-refractivity contribution in [3.05, 3.63) is 66.4 Å². The molecular formula is C24H27N3O3S. The van der Waals surface area contributed by atoms with E-state index in [0.29, 0.717) is 31.2 Å². The van der Waals surface area contributed by atoms with Crippen molar-refractivity contribution >= 4 is 17.7 Å². The van der Waals surface area contributed by atoms with Crippen LogP contribution in [0.5, 0.6) is 5.75 Å². The van der Waals surface area contributed by atoms with Crippen molar-refractivity contribution in [1.29, 1.82) is 0 Å². The third-order valence-electron chi connectivity index (χ3n) is 5.25. The number of nitrogens with zero attached hydrogens (tertiary/aromatic N) is 3. The number of para-hydroxylation sites is 1. The van der Waals surface area contributed by atoms with E-state index in [9.17, 15) is 4.79 Å². The smallest absolute Gasteiger partial charge is 0.232 e. The van der Waals surface area contributed by atoms with Gasteiger partial charge in [0.25, 0.3) is 0 Å². The number of aromatic nitrogens is 2. The highest BCUT2D eigenvalue weighted by atomic mass is 32.2. The SMILES string of the molecule is COc1ccc(-c2nn(-c3ccccc3)cc2CSCC(=O)N2CCOC(C)C2)cc1.